The average molecular weight is 471 g/mol. The van der Waals surface area contributed by atoms with E-state index in [0.29, 0.717) is 30.9 Å². The first-order chi connectivity index (χ1) is 12.3. The van der Waals surface area contributed by atoms with Gasteiger partial charge in [0.2, 0.25) is 0 Å². The molecule has 3 N–H and O–H groups in total. The molecule has 0 saturated carbocycles. The third kappa shape index (κ3) is 6.62. The van der Waals surface area contributed by atoms with E-state index in [9.17, 15) is 5.11 Å². The zero-order chi connectivity index (χ0) is 17.3. The number of benzene rings is 1. The Kier molecular flexibility index (Phi) is 8.93. The van der Waals surface area contributed by atoms with Crippen LogP contribution in [0.4, 0.5) is 0 Å². The van der Waals surface area contributed by atoms with Crippen LogP contribution in [0.3, 0.4) is 0 Å². The monoisotopic (exact) mass is 471 g/mol. The second-order valence-corrected chi connectivity index (χ2v) is 6.09. The van der Waals surface area contributed by atoms with Gasteiger partial charge in [0.05, 0.1) is 19.4 Å². The lowest BCUT2D eigenvalue weighted by Crippen LogP contribution is -2.46. The number of nitrogens with zero attached hydrogens (tertiary/aromatic N) is 1. The number of guanidine groups is 1. The molecule has 0 radical (unpaired) electrons. The fourth-order valence-corrected chi connectivity index (χ4v) is 2.72. The Morgan fingerprint density at radius 1 is 1.15 bits per heavy atom. The van der Waals surface area contributed by atoms with Crippen molar-refractivity contribution in [3.63, 3.8) is 0 Å². The maximum atomic E-state index is 10.2. The van der Waals surface area contributed by atoms with Gasteiger partial charge in [-0.1, -0.05) is 30.3 Å². The van der Waals surface area contributed by atoms with Gasteiger partial charge in [0.1, 0.15) is 11.9 Å². The Bertz CT molecular complexity index is 643. The normalized spacial score (nSPS) is 16.6. The Morgan fingerprint density at radius 2 is 1.92 bits per heavy atom. The molecule has 1 aromatic heterocycles. The molecule has 3 rings (SSSR count). The van der Waals surface area contributed by atoms with Crippen LogP contribution >= 0.6 is 24.0 Å². The van der Waals surface area contributed by atoms with E-state index in [-0.39, 0.29) is 24.0 Å². The molecular weight excluding hydrogens is 445 g/mol. The number of aliphatic hydroxyl groups is 1. The standard InChI is InChI=1S/C19H25N3O3.HI/c23-17(18-7-4-10-25-18)14-21-19(22-16-8-11-24-12-9-16)20-13-15-5-2-1-3-6-15;/h1-7,10,16-17,23H,8-9,11-14H2,(H2,20,21,22);1H. The van der Waals surface area contributed by atoms with Crippen molar-refractivity contribution in [2.75, 3.05) is 19.8 Å². The quantitative estimate of drug-likeness (QED) is 0.343. The third-order valence-electron chi connectivity index (χ3n) is 4.16. The number of aliphatic hydroxyl groups excluding tert-OH is 1. The van der Waals surface area contributed by atoms with E-state index in [1.807, 2.05) is 30.3 Å². The number of halogens is 1. The number of nitrogens with one attached hydrogen (secondary N) is 2. The van der Waals surface area contributed by atoms with Gasteiger partial charge in [0.15, 0.2) is 5.96 Å². The molecule has 2 heterocycles. The molecule has 1 aromatic carbocycles. The molecule has 1 aliphatic heterocycles. The molecule has 2 aromatic rings. The molecule has 1 fully saturated rings. The second-order valence-electron chi connectivity index (χ2n) is 6.09. The molecular formula is C19H26IN3O3. The number of furan rings is 1. The van der Waals surface area contributed by atoms with E-state index in [0.717, 1.165) is 31.6 Å². The highest BCUT2D eigenvalue weighted by atomic mass is 127. The van der Waals surface area contributed by atoms with Crippen LogP contribution in [0.15, 0.2) is 58.1 Å². The first kappa shape index (κ1) is 20.7. The summed E-state index contributed by atoms with van der Waals surface area (Å²) in [6.45, 7) is 2.44. The summed E-state index contributed by atoms with van der Waals surface area (Å²) in [4.78, 5) is 4.65. The van der Waals surface area contributed by atoms with Crippen LogP contribution in [0.1, 0.15) is 30.3 Å². The summed E-state index contributed by atoms with van der Waals surface area (Å²) in [5.74, 6) is 1.24. The smallest absolute Gasteiger partial charge is 0.191 e. The Labute approximate surface area is 171 Å². The van der Waals surface area contributed by atoms with E-state index in [1.54, 1.807) is 18.4 Å². The number of ether oxygens (including phenoxy) is 1. The van der Waals surface area contributed by atoms with Crippen molar-refractivity contribution < 1.29 is 14.3 Å². The van der Waals surface area contributed by atoms with Gasteiger partial charge in [0, 0.05) is 19.3 Å². The zero-order valence-corrected chi connectivity index (χ0v) is 17.0. The number of hydrogen-bond acceptors (Lipinski definition) is 4. The average Bonchev–Trinajstić information content (AvgIpc) is 3.20. The molecule has 1 unspecified atom stereocenters. The van der Waals surface area contributed by atoms with Crippen LogP contribution in [0.25, 0.3) is 0 Å². The largest absolute Gasteiger partial charge is 0.467 e. The van der Waals surface area contributed by atoms with E-state index >= 15 is 0 Å². The van der Waals surface area contributed by atoms with Gasteiger partial charge in [-0.25, -0.2) is 4.99 Å². The molecule has 1 atom stereocenters. The molecule has 0 aliphatic carbocycles. The first-order valence-electron chi connectivity index (χ1n) is 8.69. The lowest BCUT2D eigenvalue weighted by Gasteiger charge is -2.25. The van der Waals surface area contributed by atoms with Crippen molar-refractivity contribution >= 4 is 29.9 Å². The molecule has 1 aliphatic rings. The summed E-state index contributed by atoms with van der Waals surface area (Å²) >= 11 is 0. The van der Waals surface area contributed by atoms with Gasteiger partial charge in [-0.15, -0.1) is 24.0 Å². The van der Waals surface area contributed by atoms with Gasteiger partial charge < -0.3 is 24.9 Å². The molecule has 7 heteroatoms. The maximum absolute atomic E-state index is 10.2. The number of aliphatic imine (C=N–C) groups is 1. The molecule has 26 heavy (non-hydrogen) atoms. The van der Waals surface area contributed by atoms with E-state index in [1.165, 1.54) is 0 Å². The Morgan fingerprint density at radius 3 is 2.62 bits per heavy atom. The van der Waals surface area contributed by atoms with Crippen LogP contribution in [-0.2, 0) is 11.3 Å². The summed E-state index contributed by atoms with van der Waals surface area (Å²) in [5.41, 5.74) is 1.14. The minimum atomic E-state index is -0.714. The minimum absolute atomic E-state index is 0. The van der Waals surface area contributed by atoms with Gasteiger partial charge in [-0.05, 0) is 30.5 Å². The first-order valence-corrected chi connectivity index (χ1v) is 8.69. The summed E-state index contributed by atoms with van der Waals surface area (Å²) in [6, 6.07) is 14.0. The lowest BCUT2D eigenvalue weighted by atomic mass is 10.1. The highest BCUT2D eigenvalue weighted by Crippen LogP contribution is 2.12. The van der Waals surface area contributed by atoms with Crippen LogP contribution in [0.2, 0.25) is 0 Å². The molecule has 6 nitrogen and oxygen atoms in total. The SMILES string of the molecule is I.OC(CNC(=NCc1ccccc1)NC1CCOCC1)c1ccco1. The Balaban J connectivity index is 0.00000243. The van der Waals surface area contributed by atoms with Crippen molar-refractivity contribution in [3.8, 4) is 0 Å². The zero-order valence-electron chi connectivity index (χ0n) is 14.6. The van der Waals surface area contributed by atoms with Crippen LogP contribution < -0.4 is 10.6 Å². The van der Waals surface area contributed by atoms with E-state index in [2.05, 4.69) is 15.6 Å². The number of rotatable bonds is 6. The van der Waals surface area contributed by atoms with Crippen molar-refractivity contribution in [2.45, 2.75) is 31.5 Å². The van der Waals surface area contributed by atoms with Crippen LogP contribution in [0.5, 0.6) is 0 Å². The third-order valence-corrected chi connectivity index (χ3v) is 4.16. The molecule has 142 valence electrons. The van der Waals surface area contributed by atoms with E-state index < -0.39 is 6.10 Å². The molecule has 1 saturated heterocycles. The summed E-state index contributed by atoms with van der Waals surface area (Å²) < 4.78 is 10.6. The predicted molar refractivity (Wildman–Crippen MR) is 112 cm³/mol. The maximum Gasteiger partial charge on any atom is 0.191 e. The fourth-order valence-electron chi connectivity index (χ4n) is 2.72. The summed E-state index contributed by atoms with van der Waals surface area (Å²) in [5, 5.41) is 16.8. The number of hydrogen-bond donors (Lipinski definition) is 3. The van der Waals surface area contributed by atoms with Crippen molar-refractivity contribution in [2.24, 2.45) is 4.99 Å². The minimum Gasteiger partial charge on any atom is -0.467 e. The van der Waals surface area contributed by atoms with Gasteiger partial charge >= 0.3 is 0 Å². The van der Waals surface area contributed by atoms with Gasteiger partial charge in [-0.3, -0.25) is 0 Å². The van der Waals surface area contributed by atoms with E-state index in [4.69, 9.17) is 9.15 Å². The highest BCUT2D eigenvalue weighted by Gasteiger charge is 2.16. The van der Waals surface area contributed by atoms with Crippen LogP contribution in [0, 0.1) is 0 Å². The fraction of sp³-hybridized carbons (Fsp3) is 0.421. The lowest BCUT2D eigenvalue weighted by molar-refractivity contribution is 0.0820. The second kappa shape index (κ2) is 11.2. The molecule has 0 spiro atoms. The highest BCUT2D eigenvalue weighted by molar-refractivity contribution is 14.0. The van der Waals surface area contributed by atoms with Gasteiger partial charge in [-0.2, -0.15) is 0 Å². The molecule has 0 bridgehead atoms. The topological polar surface area (TPSA) is 79.0 Å². The summed E-state index contributed by atoms with van der Waals surface area (Å²) in [7, 11) is 0. The predicted octanol–water partition coefficient (Wildman–Crippen LogP) is 2.85. The van der Waals surface area contributed by atoms with Crippen molar-refractivity contribution in [1.29, 1.82) is 0 Å². The van der Waals surface area contributed by atoms with Crippen molar-refractivity contribution in [3.05, 3.63) is 60.1 Å². The Hall–Kier alpha value is -1.58. The molecule has 0 amide bonds. The summed E-state index contributed by atoms with van der Waals surface area (Å²) in [6.07, 6.45) is 2.75. The van der Waals surface area contributed by atoms with Gasteiger partial charge in [0.25, 0.3) is 0 Å². The van der Waals surface area contributed by atoms with Crippen LogP contribution in [-0.4, -0.2) is 36.9 Å². The van der Waals surface area contributed by atoms with Crippen molar-refractivity contribution in [1.82, 2.24) is 10.6 Å².